The van der Waals surface area contributed by atoms with E-state index in [1.807, 2.05) is 0 Å². The zero-order valence-electron chi connectivity index (χ0n) is 16.5. The Kier molecular flexibility index (Phi) is 4.55. The molecule has 4 atom stereocenters. The molecule has 3 aliphatic heterocycles. The normalized spacial score (nSPS) is 38.2. The Morgan fingerprint density at radius 3 is 2.40 bits per heavy atom. The second-order valence-electron chi connectivity index (χ2n) is 9.74. The first-order chi connectivity index (χ1) is 11.3. The SMILES string of the molecule is CC1(C)O[C@@H]2C[C@@]3(COC(=O)O3)CO[C@@H]2C[C@H]1O[Si](C)(C)C(C)(C)C. The lowest BCUT2D eigenvalue weighted by Crippen LogP contribution is -2.62. The van der Waals surface area contributed by atoms with Crippen molar-refractivity contribution in [1.29, 1.82) is 0 Å². The van der Waals surface area contributed by atoms with Gasteiger partial charge in [0.15, 0.2) is 13.9 Å². The van der Waals surface area contributed by atoms with Crippen LogP contribution < -0.4 is 0 Å². The monoisotopic (exact) mass is 372 g/mol. The minimum atomic E-state index is -1.90. The molecule has 0 aromatic rings. The lowest BCUT2D eigenvalue weighted by Gasteiger charge is -2.52. The zero-order chi connectivity index (χ0) is 18.7. The van der Waals surface area contributed by atoms with E-state index in [9.17, 15) is 4.79 Å². The van der Waals surface area contributed by atoms with Crippen molar-refractivity contribution < 1.29 is 28.2 Å². The quantitative estimate of drug-likeness (QED) is 0.545. The topological polar surface area (TPSA) is 63.2 Å². The van der Waals surface area contributed by atoms with E-state index in [1.165, 1.54) is 0 Å². The largest absolute Gasteiger partial charge is 0.509 e. The average Bonchev–Trinajstić information content (AvgIpc) is 2.79. The summed E-state index contributed by atoms with van der Waals surface area (Å²) in [5, 5.41) is 0.146. The second kappa shape index (κ2) is 5.94. The minimum Gasteiger partial charge on any atom is -0.430 e. The zero-order valence-corrected chi connectivity index (χ0v) is 17.5. The first-order valence-corrected chi connectivity index (χ1v) is 12.1. The number of hydrogen-bond donors (Lipinski definition) is 0. The Balaban J connectivity index is 1.71. The highest BCUT2D eigenvalue weighted by Crippen LogP contribution is 2.45. The fourth-order valence-electron chi connectivity index (χ4n) is 3.54. The second-order valence-corrected chi connectivity index (χ2v) is 14.5. The van der Waals surface area contributed by atoms with E-state index in [1.54, 1.807) is 0 Å². The van der Waals surface area contributed by atoms with Crippen LogP contribution >= 0.6 is 0 Å². The molecular weight excluding hydrogens is 340 g/mol. The molecule has 6 nitrogen and oxygen atoms in total. The molecule has 144 valence electrons. The van der Waals surface area contributed by atoms with Gasteiger partial charge < -0.3 is 23.4 Å². The molecule has 3 aliphatic rings. The van der Waals surface area contributed by atoms with Crippen LogP contribution in [0.15, 0.2) is 0 Å². The van der Waals surface area contributed by atoms with E-state index < -0.39 is 25.7 Å². The minimum absolute atomic E-state index is 0.00827. The van der Waals surface area contributed by atoms with Gasteiger partial charge in [0.25, 0.3) is 0 Å². The standard InChI is InChI=1S/C18H32O6Si/c1-16(2,3)25(6,7)24-14-8-12-13(22-17(14,4)5)9-18(10-20-12)11-21-15(19)23-18/h12-14H,8-11H2,1-7H3/t12-,13-,14-,18+/m1/s1. The number of ether oxygens (including phenoxy) is 4. The van der Waals surface area contributed by atoms with Crippen LogP contribution in [0.25, 0.3) is 0 Å². The van der Waals surface area contributed by atoms with Gasteiger partial charge in [0.2, 0.25) is 0 Å². The van der Waals surface area contributed by atoms with Crippen LogP contribution in [-0.4, -0.2) is 57.2 Å². The molecule has 3 fully saturated rings. The van der Waals surface area contributed by atoms with Gasteiger partial charge in [-0.05, 0) is 32.0 Å². The molecule has 7 heteroatoms. The third kappa shape index (κ3) is 3.61. The summed E-state index contributed by atoms with van der Waals surface area (Å²) >= 11 is 0. The molecule has 0 amide bonds. The summed E-state index contributed by atoms with van der Waals surface area (Å²) in [5.41, 5.74) is -1.11. The first kappa shape index (κ1) is 19.1. The van der Waals surface area contributed by atoms with Gasteiger partial charge in [0.1, 0.15) is 6.61 Å². The van der Waals surface area contributed by atoms with E-state index in [4.69, 9.17) is 23.4 Å². The summed E-state index contributed by atoms with van der Waals surface area (Å²) in [6.45, 7) is 16.0. The Morgan fingerprint density at radius 2 is 1.84 bits per heavy atom. The van der Waals surface area contributed by atoms with Gasteiger partial charge in [0, 0.05) is 12.8 Å². The summed E-state index contributed by atoms with van der Waals surface area (Å²) in [4.78, 5) is 11.4. The lowest BCUT2D eigenvalue weighted by molar-refractivity contribution is -0.260. The maximum Gasteiger partial charge on any atom is 0.509 e. The third-order valence-electron chi connectivity index (χ3n) is 6.22. The highest BCUT2D eigenvalue weighted by atomic mass is 28.4. The number of hydrogen-bond acceptors (Lipinski definition) is 6. The molecule has 0 N–H and O–H groups in total. The van der Waals surface area contributed by atoms with Crippen LogP contribution in [0, 0.1) is 0 Å². The molecular formula is C18H32O6Si. The number of fused-ring (bicyclic) bond motifs is 1. The Bertz CT molecular complexity index is 540. The summed E-state index contributed by atoms with van der Waals surface area (Å²) in [7, 11) is -1.90. The maximum absolute atomic E-state index is 11.4. The van der Waals surface area contributed by atoms with Crippen molar-refractivity contribution in [2.24, 2.45) is 0 Å². The summed E-state index contributed by atoms with van der Waals surface area (Å²) < 4.78 is 29.5. The lowest BCUT2D eigenvalue weighted by atomic mass is 9.83. The predicted molar refractivity (Wildman–Crippen MR) is 95.2 cm³/mol. The van der Waals surface area contributed by atoms with Gasteiger partial charge >= 0.3 is 6.16 Å². The molecule has 25 heavy (non-hydrogen) atoms. The fourth-order valence-corrected chi connectivity index (χ4v) is 4.99. The third-order valence-corrected chi connectivity index (χ3v) is 10.7. The van der Waals surface area contributed by atoms with Crippen LogP contribution in [0.1, 0.15) is 47.5 Å². The van der Waals surface area contributed by atoms with E-state index in [0.717, 1.165) is 6.42 Å². The van der Waals surface area contributed by atoms with Gasteiger partial charge in [-0.3, -0.25) is 0 Å². The van der Waals surface area contributed by atoms with Crippen molar-refractivity contribution in [2.45, 2.75) is 95.1 Å². The highest BCUT2D eigenvalue weighted by molar-refractivity contribution is 6.74. The molecule has 3 rings (SSSR count). The predicted octanol–water partition coefficient (Wildman–Crippen LogP) is 3.64. The van der Waals surface area contributed by atoms with Gasteiger partial charge in [-0.2, -0.15) is 0 Å². The molecule has 0 aliphatic carbocycles. The van der Waals surface area contributed by atoms with Crippen molar-refractivity contribution in [3.05, 3.63) is 0 Å². The Labute approximate surface area is 151 Å². The fraction of sp³-hybridized carbons (Fsp3) is 0.944. The molecule has 0 bridgehead atoms. The van der Waals surface area contributed by atoms with Crippen molar-refractivity contribution >= 4 is 14.5 Å². The molecule has 3 heterocycles. The van der Waals surface area contributed by atoms with E-state index in [-0.39, 0.29) is 30.0 Å². The smallest absolute Gasteiger partial charge is 0.430 e. The van der Waals surface area contributed by atoms with Crippen LogP contribution in [0.4, 0.5) is 4.79 Å². The molecule has 0 aromatic heterocycles. The van der Waals surface area contributed by atoms with E-state index in [2.05, 4.69) is 47.7 Å². The number of carbonyl (C=O) groups excluding carboxylic acids is 1. The maximum atomic E-state index is 11.4. The number of cyclic esters (lactones) is 1. The van der Waals surface area contributed by atoms with E-state index in [0.29, 0.717) is 13.0 Å². The van der Waals surface area contributed by atoms with Crippen LogP contribution in [0.5, 0.6) is 0 Å². The van der Waals surface area contributed by atoms with Crippen LogP contribution in [0.3, 0.4) is 0 Å². The van der Waals surface area contributed by atoms with Crippen molar-refractivity contribution in [3.63, 3.8) is 0 Å². The summed E-state index contributed by atoms with van der Waals surface area (Å²) in [6.07, 6.45) is 0.641. The number of carbonyl (C=O) groups is 1. The molecule has 0 aromatic carbocycles. The molecule has 0 saturated carbocycles. The number of rotatable bonds is 2. The van der Waals surface area contributed by atoms with Gasteiger partial charge in [-0.15, -0.1) is 0 Å². The summed E-state index contributed by atoms with van der Waals surface area (Å²) in [6, 6.07) is 0. The van der Waals surface area contributed by atoms with Crippen LogP contribution in [0.2, 0.25) is 18.1 Å². The van der Waals surface area contributed by atoms with Gasteiger partial charge in [-0.25, -0.2) is 4.79 Å². The average molecular weight is 373 g/mol. The van der Waals surface area contributed by atoms with Gasteiger partial charge in [-0.1, -0.05) is 20.8 Å². The Hall–Kier alpha value is -0.633. The molecule has 0 radical (unpaired) electrons. The Morgan fingerprint density at radius 1 is 1.16 bits per heavy atom. The molecule has 0 unspecified atom stereocenters. The molecule has 3 saturated heterocycles. The van der Waals surface area contributed by atoms with Gasteiger partial charge in [0.05, 0.1) is 30.5 Å². The summed E-state index contributed by atoms with van der Waals surface area (Å²) in [5.74, 6) is 0. The van der Waals surface area contributed by atoms with Crippen molar-refractivity contribution in [2.75, 3.05) is 13.2 Å². The van der Waals surface area contributed by atoms with E-state index >= 15 is 0 Å². The van der Waals surface area contributed by atoms with Crippen molar-refractivity contribution in [1.82, 2.24) is 0 Å². The molecule has 1 spiro atoms. The first-order valence-electron chi connectivity index (χ1n) is 9.17. The highest BCUT2D eigenvalue weighted by Gasteiger charge is 2.56. The van der Waals surface area contributed by atoms with Crippen molar-refractivity contribution in [3.8, 4) is 0 Å². The van der Waals surface area contributed by atoms with Crippen LogP contribution in [-0.2, 0) is 23.4 Å².